The second-order valence-electron chi connectivity index (χ2n) is 4.35. The molecule has 0 spiro atoms. The van der Waals surface area contributed by atoms with Crippen LogP contribution in [-0.4, -0.2) is 31.2 Å². The van der Waals surface area contributed by atoms with Crippen molar-refractivity contribution in [2.45, 2.75) is 25.8 Å². The van der Waals surface area contributed by atoms with Crippen LogP contribution in [0.5, 0.6) is 0 Å². The first-order valence-electron chi connectivity index (χ1n) is 6.27. The van der Waals surface area contributed by atoms with Crippen molar-refractivity contribution in [2.75, 3.05) is 20.3 Å². The number of halogens is 2. The van der Waals surface area contributed by atoms with Gasteiger partial charge in [0.15, 0.2) is 0 Å². The van der Waals surface area contributed by atoms with Crippen LogP contribution in [0.3, 0.4) is 0 Å². The third kappa shape index (κ3) is 4.50. The van der Waals surface area contributed by atoms with Crippen molar-refractivity contribution in [2.24, 2.45) is 0 Å². The third-order valence-electron chi connectivity index (χ3n) is 2.90. The molecule has 0 bridgehead atoms. The van der Waals surface area contributed by atoms with E-state index in [1.807, 2.05) is 6.92 Å². The maximum atomic E-state index is 13.0. The van der Waals surface area contributed by atoms with Gasteiger partial charge >= 0.3 is 0 Å². The van der Waals surface area contributed by atoms with Gasteiger partial charge in [-0.3, -0.25) is 10.1 Å². The normalized spacial score (nSPS) is 12.7. The summed E-state index contributed by atoms with van der Waals surface area (Å²) in [4.78, 5) is 9.97. The van der Waals surface area contributed by atoms with Crippen LogP contribution in [0, 0.1) is 10.1 Å². The Bertz CT molecular complexity index is 449. The van der Waals surface area contributed by atoms with E-state index >= 15 is 0 Å². The molecule has 1 unspecified atom stereocenters. The quantitative estimate of drug-likeness (QED) is 0.590. The van der Waals surface area contributed by atoms with Gasteiger partial charge in [-0.1, -0.05) is 13.0 Å². The number of likely N-dealkylation sites (N-methyl/N-ethyl adjacent to an activating group) is 1. The number of non-ortho nitro benzene ring substituents is 1. The molecule has 0 aliphatic carbocycles. The Morgan fingerprint density at radius 2 is 2.15 bits per heavy atom. The molecule has 112 valence electrons. The zero-order chi connectivity index (χ0) is 15.1. The summed E-state index contributed by atoms with van der Waals surface area (Å²) in [6, 6.07) is 3.47. The number of hydrogen-bond acceptors (Lipinski definition) is 4. The number of rotatable bonds is 8. The molecule has 1 rings (SSSR count). The van der Waals surface area contributed by atoms with Crippen LogP contribution in [0.2, 0.25) is 0 Å². The molecule has 0 saturated carbocycles. The van der Waals surface area contributed by atoms with Crippen molar-refractivity contribution in [3.05, 3.63) is 39.4 Å². The molecule has 1 aromatic rings. The zero-order valence-corrected chi connectivity index (χ0v) is 11.4. The molecule has 7 heteroatoms. The highest BCUT2D eigenvalue weighted by Gasteiger charge is 2.20. The van der Waals surface area contributed by atoms with Gasteiger partial charge in [0.25, 0.3) is 12.1 Å². The lowest BCUT2D eigenvalue weighted by atomic mass is 10.00. The summed E-state index contributed by atoms with van der Waals surface area (Å²) in [7, 11) is 1.54. The van der Waals surface area contributed by atoms with Crippen LogP contribution in [0.4, 0.5) is 14.5 Å². The molecule has 1 N–H and O–H groups in total. The number of nitro groups is 1. The summed E-state index contributed by atoms with van der Waals surface area (Å²) in [5, 5.41) is 13.8. The standard InChI is InChI=1S/C13H18F2N2O3/c1-3-16-10(8-20-2)6-9-4-5-11(17(18)19)7-12(9)13(14)15/h4-5,7,10,13,16H,3,6,8H2,1-2H3. The van der Waals surface area contributed by atoms with Gasteiger partial charge < -0.3 is 10.1 Å². The van der Waals surface area contributed by atoms with Crippen LogP contribution in [0.25, 0.3) is 0 Å². The second kappa shape index (κ2) is 7.86. The summed E-state index contributed by atoms with van der Waals surface area (Å²) in [6.45, 7) is 2.98. The first kappa shape index (κ1) is 16.5. The molecule has 0 heterocycles. The summed E-state index contributed by atoms with van der Waals surface area (Å²) in [5.74, 6) is 0. The minimum absolute atomic E-state index is 0.107. The van der Waals surface area contributed by atoms with Crippen molar-refractivity contribution in [3.8, 4) is 0 Å². The van der Waals surface area contributed by atoms with Crippen molar-refractivity contribution in [1.82, 2.24) is 5.32 Å². The van der Waals surface area contributed by atoms with Crippen LogP contribution in [0.15, 0.2) is 18.2 Å². The average Bonchev–Trinajstić information content (AvgIpc) is 2.39. The molecule has 20 heavy (non-hydrogen) atoms. The Morgan fingerprint density at radius 1 is 1.45 bits per heavy atom. The van der Waals surface area contributed by atoms with Crippen molar-refractivity contribution >= 4 is 5.69 Å². The second-order valence-corrected chi connectivity index (χ2v) is 4.35. The zero-order valence-electron chi connectivity index (χ0n) is 11.4. The number of benzene rings is 1. The van der Waals surface area contributed by atoms with Gasteiger partial charge in [0.05, 0.1) is 11.5 Å². The molecule has 0 saturated heterocycles. The molecule has 0 aliphatic heterocycles. The summed E-state index contributed by atoms with van der Waals surface area (Å²) < 4.78 is 31.1. The predicted molar refractivity (Wildman–Crippen MR) is 71.1 cm³/mol. The molecular formula is C13H18F2N2O3. The van der Waals surface area contributed by atoms with Gasteiger partial charge in [-0.15, -0.1) is 0 Å². The monoisotopic (exact) mass is 288 g/mol. The number of nitrogens with zero attached hydrogens (tertiary/aromatic N) is 1. The number of nitrogens with one attached hydrogen (secondary N) is 1. The van der Waals surface area contributed by atoms with E-state index in [0.29, 0.717) is 25.1 Å². The molecule has 1 aromatic carbocycles. The molecule has 0 aliphatic rings. The smallest absolute Gasteiger partial charge is 0.269 e. The highest BCUT2D eigenvalue weighted by Crippen LogP contribution is 2.28. The fraction of sp³-hybridized carbons (Fsp3) is 0.538. The first-order valence-corrected chi connectivity index (χ1v) is 6.27. The topological polar surface area (TPSA) is 64.4 Å². The maximum Gasteiger partial charge on any atom is 0.269 e. The molecule has 0 radical (unpaired) electrons. The SMILES string of the molecule is CCNC(COC)Cc1ccc([N+](=O)[O-])cc1C(F)F. The van der Waals surface area contributed by atoms with Crippen LogP contribution >= 0.6 is 0 Å². The molecule has 5 nitrogen and oxygen atoms in total. The average molecular weight is 288 g/mol. The van der Waals surface area contributed by atoms with E-state index < -0.39 is 11.3 Å². The van der Waals surface area contributed by atoms with Gasteiger partial charge in [0.1, 0.15) is 0 Å². The number of nitro benzene ring substituents is 1. The van der Waals surface area contributed by atoms with Gasteiger partial charge in [-0.25, -0.2) is 8.78 Å². The van der Waals surface area contributed by atoms with Gasteiger partial charge in [-0.2, -0.15) is 0 Å². The van der Waals surface area contributed by atoms with E-state index in [-0.39, 0.29) is 17.3 Å². The molecular weight excluding hydrogens is 270 g/mol. The van der Waals surface area contributed by atoms with E-state index in [1.54, 1.807) is 0 Å². The van der Waals surface area contributed by atoms with Crippen molar-refractivity contribution in [3.63, 3.8) is 0 Å². The number of ether oxygens (including phenoxy) is 1. The van der Waals surface area contributed by atoms with E-state index in [1.165, 1.54) is 19.2 Å². The molecule has 0 amide bonds. The number of methoxy groups -OCH3 is 1. The van der Waals surface area contributed by atoms with Crippen LogP contribution in [0.1, 0.15) is 24.5 Å². The van der Waals surface area contributed by atoms with Gasteiger partial charge in [0.2, 0.25) is 0 Å². The highest BCUT2D eigenvalue weighted by molar-refractivity contribution is 5.41. The fourth-order valence-electron chi connectivity index (χ4n) is 2.03. The minimum atomic E-state index is -2.74. The third-order valence-corrected chi connectivity index (χ3v) is 2.90. The first-order chi connectivity index (χ1) is 9.49. The van der Waals surface area contributed by atoms with Gasteiger partial charge in [0, 0.05) is 30.8 Å². The number of alkyl halides is 2. The number of hydrogen-bond donors (Lipinski definition) is 1. The van der Waals surface area contributed by atoms with Gasteiger partial charge in [-0.05, 0) is 18.5 Å². The Kier molecular flexibility index (Phi) is 6.47. The van der Waals surface area contributed by atoms with E-state index in [9.17, 15) is 18.9 Å². The van der Waals surface area contributed by atoms with Crippen molar-refractivity contribution < 1.29 is 18.4 Å². The van der Waals surface area contributed by atoms with E-state index in [2.05, 4.69) is 5.32 Å². The lowest BCUT2D eigenvalue weighted by molar-refractivity contribution is -0.385. The molecule has 0 aromatic heterocycles. The Morgan fingerprint density at radius 3 is 2.65 bits per heavy atom. The minimum Gasteiger partial charge on any atom is -0.383 e. The van der Waals surface area contributed by atoms with E-state index in [4.69, 9.17) is 4.74 Å². The van der Waals surface area contributed by atoms with Crippen LogP contribution < -0.4 is 5.32 Å². The lowest BCUT2D eigenvalue weighted by Gasteiger charge is -2.18. The Balaban J connectivity index is 3.00. The highest BCUT2D eigenvalue weighted by atomic mass is 19.3. The maximum absolute atomic E-state index is 13.0. The Hall–Kier alpha value is -1.60. The lowest BCUT2D eigenvalue weighted by Crippen LogP contribution is -2.35. The molecule has 1 atom stereocenters. The summed E-state index contributed by atoms with van der Waals surface area (Å²) >= 11 is 0. The Labute approximate surface area is 116 Å². The largest absolute Gasteiger partial charge is 0.383 e. The predicted octanol–water partition coefficient (Wildman–Crippen LogP) is 2.70. The molecule has 0 fully saturated rings. The van der Waals surface area contributed by atoms with E-state index in [0.717, 1.165) is 6.07 Å². The fourth-order valence-corrected chi connectivity index (χ4v) is 2.03. The van der Waals surface area contributed by atoms with Crippen molar-refractivity contribution in [1.29, 1.82) is 0 Å². The van der Waals surface area contributed by atoms with Crippen LogP contribution in [-0.2, 0) is 11.2 Å². The summed E-state index contributed by atoms with van der Waals surface area (Å²) in [6.07, 6.45) is -2.41. The summed E-state index contributed by atoms with van der Waals surface area (Å²) in [5.41, 5.74) is -0.220.